The van der Waals surface area contributed by atoms with Crippen molar-refractivity contribution in [2.75, 3.05) is 30.8 Å². The van der Waals surface area contributed by atoms with E-state index in [1.165, 1.54) is 6.20 Å². The predicted molar refractivity (Wildman–Crippen MR) is 132 cm³/mol. The number of rotatable bonds is 6. The molecule has 0 radical (unpaired) electrons. The number of nitrogens with one attached hydrogen (secondary N) is 1. The molecule has 1 spiro atoms. The molecule has 0 amide bonds. The Labute approximate surface area is 205 Å². The fourth-order valence-corrected chi connectivity index (χ4v) is 5.24. The highest BCUT2D eigenvalue weighted by molar-refractivity contribution is 6.31. The molecule has 184 valence electrons. The lowest BCUT2D eigenvalue weighted by Crippen LogP contribution is -2.42. The van der Waals surface area contributed by atoms with E-state index in [0.717, 1.165) is 31.2 Å². The number of carboxylic acids is 1. The number of carboxylic acid groups (broad SMARTS) is 1. The highest BCUT2D eigenvalue weighted by Crippen LogP contribution is 2.48. The average Bonchev–Trinajstić information content (AvgIpc) is 3.29. The fraction of sp³-hybridized carbons (Fsp3) is 0.360. The van der Waals surface area contributed by atoms with E-state index in [0.29, 0.717) is 16.3 Å². The minimum Gasteiger partial charge on any atom is -0.492 e. The molecule has 1 aliphatic heterocycles. The van der Waals surface area contributed by atoms with Crippen molar-refractivity contribution >= 4 is 39.8 Å². The summed E-state index contributed by atoms with van der Waals surface area (Å²) in [6.45, 7) is 2.56. The van der Waals surface area contributed by atoms with Crippen LogP contribution in [0.4, 0.5) is 15.8 Å². The zero-order chi connectivity index (χ0) is 24.9. The first-order valence-electron chi connectivity index (χ1n) is 11.4. The van der Waals surface area contributed by atoms with Crippen LogP contribution < -0.4 is 26.0 Å². The van der Waals surface area contributed by atoms with Crippen molar-refractivity contribution in [3.8, 4) is 11.5 Å². The van der Waals surface area contributed by atoms with E-state index in [2.05, 4.69) is 5.32 Å². The van der Waals surface area contributed by atoms with Gasteiger partial charge in [-0.3, -0.25) is 4.79 Å². The van der Waals surface area contributed by atoms with Crippen LogP contribution in [0.3, 0.4) is 0 Å². The van der Waals surface area contributed by atoms with E-state index in [1.807, 2.05) is 13.0 Å². The van der Waals surface area contributed by atoms with Gasteiger partial charge < -0.3 is 30.2 Å². The van der Waals surface area contributed by atoms with Gasteiger partial charge in [0.25, 0.3) is 0 Å². The highest BCUT2D eigenvalue weighted by Gasteiger charge is 2.43. The number of carbonyl (C=O) groups is 1. The number of ether oxygens (including phenoxy) is 2. The first-order chi connectivity index (χ1) is 16.7. The number of halogens is 2. The Morgan fingerprint density at radius 1 is 1.37 bits per heavy atom. The third-order valence-corrected chi connectivity index (χ3v) is 7.36. The SMILES string of the molecule is Cc1cc(OCCNc2c(F)c(N)c3c(=O)c(C(=O)O)cn4c3c2OCC42CCCC2)ccc1Cl. The van der Waals surface area contributed by atoms with Gasteiger partial charge in [-0.1, -0.05) is 24.4 Å². The Balaban J connectivity index is 1.55. The zero-order valence-corrected chi connectivity index (χ0v) is 19.9. The number of fused-ring (bicyclic) bond motifs is 1. The molecule has 0 bridgehead atoms. The van der Waals surface area contributed by atoms with Crippen LogP contribution in [-0.2, 0) is 5.54 Å². The van der Waals surface area contributed by atoms with Crippen LogP contribution in [0.15, 0.2) is 29.2 Å². The van der Waals surface area contributed by atoms with E-state index in [1.54, 1.807) is 16.7 Å². The average molecular weight is 502 g/mol. The number of pyridine rings is 1. The molecule has 0 unspecified atom stereocenters. The molecule has 2 aromatic carbocycles. The summed E-state index contributed by atoms with van der Waals surface area (Å²) in [5.74, 6) is -1.45. The number of anilines is 2. The Morgan fingerprint density at radius 2 is 2.11 bits per heavy atom. The van der Waals surface area contributed by atoms with Gasteiger partial charge in [-0.25, -0.2) is 9.18 Å². The molecule has 1 aliphatic carbocycles. The molecule has 8 nitrogen and oxygen atoms in total. The minimum absolute atomic E-state index is 0.0231. The lowest BCUT2D eigenvalue weighted by molar-refractivity contribution is 0.0692. The van der Waals surface area contributed by atoms with Crippen LogP contribution in [0, 0.1) is 12.7 Å². The third kappa shape index (κ3) is 3.74. The first kappa shape index (κ1) is 23.3. The van der Waals surface area contributed by atoms with Crippen molar-refractivity contribution in [2.45, 2.75) is 38.1 Å². The van der Waals surface area contributed by atoms with Crippen LogP contribution in [0.25, 0.3) is 10.9 Å². The normalized spacial score (nSPS) is 15.9. The number of hydrogen-bond acceptors (Lipinski definition) is 6. The number of aryl methyl sites for hydroxylation is 1. The summed E-state index contributed by atoms with van der Waals surface area (Å²) in [5, 5.41) is 13.1. The highest BCUT2D eigenvalue weighted by atomic mass is 35.5. The maximum absolute atomic E-state index is 15.4. The van der Waals surface area contributed by atoms with Gasteiger partial charge >= 0.3 is 5.97 Å². The minimum atomic E-state index is -1.38. The van der Waals surface area contributed by atoms with Crippen LogP contribution in [0.1, 0.15) is 41.6 Å². The number of hydrogen-bond donors (Lipinski definition) is 3. The fourth-order valence-electron chi connectivity index (χ4n) is 5.12. The molecule has 0 atom stereocenters. The maximum atomic E-state index is 15.4. The van der Waals surface area contributed by atoms with Crippen LogP contribution >= 0.6 is 11.6 Å². The van der Waals surface area contributed by atoms with Gasteiger partial charge in [-0.2, -0.15) is 0 Å². The Hall–Kier alpha value is -3.46. The van der Waals surface area contributed by atoms with Gasteiger partial charge in [0.05, 0.1) is 22.1 Å². The van der Waals surface area contributed by atoms with Crippen molar-refractivity contribution in [1.29, 1.82) is 0 Å². The molecular formula is C25H25ClFN3O5. The number of nitrogens with zero attached hydrogens (tertiary/aromatic N) is 1. The summed E-state index contributed by atoms with van der Waals surface area (Å²) >= 11 is 6.04. The Bertz CT molecular complexity index is 1410. The van der Waals surface area contributed by atoms with E-state index >= 15 is 4.39 Å². The largest absolute Gasteiger partial charge is 0.492 e. The standard InChI is InChI=1S/C25H25ClFN3O5/c1-13-10-14(4-5-16(13)26)34-9-8-29-20-18(27)19(28)17-21-23(20)35-12-25(6-2-3-7-25)30(21)11-15(22(17)31)24(32)33/h4-5,10-11,29H,2-3,6-9,12,28H2,1H3,(H,32,33). The second kappa shape index (κ2) is 8.64. The molecular weight excluding hydrogens is 477 g/mol. The summed E-state index contributed by atoms with van der Waals surface area (Å²) < 4.78 is 29.0. The summed E-state index contributed by atoms with van der Waals surface area (Å²) in [5.41, 5.74) is 5.16. The predicted octanol–water partition coefficient (Wildman–Crippen LogP) is 4.54. The molecule has 4 N–H and O–H groups in total. The second-order valence-corrected chi connectivity index (χ2v) is 9.52. The molecule has 1 saturated carbocycles. The smallest absolute Gasteiger partial charge is 0.341 e. The van der Waals surface area contributed by atoms with E-state index in [-0.39, 0.29) is 36.6 Å². The lowest BCUT2D eigenvalue weighted by atomic mass is 9.93. The van der Waals surface area contributed by atoms with Crippen molar-refractivity contribution in [1.82, 2.24) is 4.57 Å². The number of benzene rings is 2. The maximum Gasteiger partial charge on any atom is 0.341 e. The third-order valence-electron chi connectivity index (χ3n) is 6.94. The second-order valence-electron chi connectivity index (χ2n) is 9.11. The molecule has 2 aliphatic rings. The molecule has 35 heavy (non-hydrogen) atoms. The Morgan fingerprint density at radius 3 is 2.80 bits per heavy atom. The molecule has 3 aromatic rings. The number of aromatic carboxylic acids is 1. The summed E-state index contributed by atoms with van der Waals surface area (Å²) in [6.07, 6.45) is 4.77. The van der Waals surface area contributed by atoms with Gasteiger partial charge in [-0.05, 0) is 43.5 Å². The van der Waals surface area contributed by atoms with Crippen molar-refractivity contribution in [3.05, 3.63) is 56.6 Å². The summed E-state index contributed by atoms with van der Waals surface area (Å²) in [4.78, 5) is 24.8. The monoisotopic (exact) mass is 501 g/mol. The number of nitrogens with two attached hydrogens (primary N) is 1. The van der Waals surface area contributed by atoms with Crippen molar-refractivity contribution in [2.24, 2.45) is 0 Å². The molecule has 0 saturated heterocycles. The van der Waals surface area contributed by atoms with Gasteiger partial charge in [0.2, 0.25) is 5.43 Å². The molecule has 2 heterocycles. The molecule has 10 heteroatoms. The summed E-state index contributed by atoms with van der Waals surface area (Å²) in [6, 6.07) is 5.30. The van der Waals surface area contributed by atoms with Crippen LogP contribution in [-0.4, -0.2) is 35.4 Å². The van der Waals surface area contributed by atoms with Gasteiger partial charge in [0.1, 0.15) is 30.2 Å². The van der Waals surface area contributed by atoms with Gasteiger partial charge in [0, 0.05) is 17.8 Å². The van der Waals surface area contributed by atoms with Crippen LogP contribution in [0.5, 0.6) is 11.5 Å². The first-order valence-corrected chi connectivity index (χ1v) is 11.8. The van der Waals surface area contributed by atoms with Crippen molar-refractivity contribution < 1.29 is 23.8 Å². The number of nitrogen functional groups attached to an aromatic ring is 1. The lowest BCUT2D eigenvalue weighted by Gasteiger charge is -2.39. The number of aromatic nitrogens is 1. The van der Waals surface area contributed by atoms with Crippen molar-refractivity contribution in [3.63, 3.8) is 0 Å². The molecule has 1 aromatic heterocycles. The van der Waals surface area contributed by atoms with Gasteiger partial charge in [0.15, 0.2) is 11.6 Å². The Kier molecular flexibility index (Phi) is 5.75. The summed E-state index contributed by atoms with van der Waals surface area (Å²) in [7, 11) is 0. The van der Waals surface area contributed by atoms with E-state index in [4.69, 9.17) is 26.8 Å². The quantitative estimate of drug-likeness (QED) is 0.335. The van der Waals surface area contributed by atoms with Gasteiger partial charge in [-0.15, -0.1) is 0 Å². The molecule has 5 rings (SSSR count). The van der Waals surface area contributed by atoms with Crippen LogP contribution in [0.2, 0.25) is 5.02 Å². The van der Waals surface area contributed by atoms with E-state index in [9.17, 15) is 14.7 Å². The zero-order valence-electron chi connectivity index (χ0n) is 19.1. The topological polar surface area (TPSA) is 116 Å². The van der Waals surface area contributed by atoms with E-state index < -0.39 is 34.0 Å². The molecule has 1 fully saturated rings.